The number of benzene rings is 4. The van der Waals surface area contributed by atoms with E-state index in [9.17, 15) is 0 Å². The van der Waals surface area contributed by atoms with Crippen molar-refractivity contribution < 1.29 is 4.74 Å². The number of aromatic nitrogens is 1. The number of nitrogens with zero attached hydrogens (tertiary/aromatic N) is 1. The predicted octanol–water partition coefficient (Wildman–Crippen LogP) is 10.3. The summed E-state index contributed by atoms with van der Waals surface area (Å²) in [5.74, 6) is 2.60. The molecular weight excluding hydrogens is 450 g/mol. The average Bonchev–Trinajstić information content (AvgIpc) is 2.88. The molecule has 1 saturated carbocycles. The molecule has 0 spiro atoms. The zero-order valence-corrected chi connectivity index (χ0v) is 22.4. The third-order valence-electron chi connectivity index (χ3n) is 8.47. The van der Waals surface area contributed by atoms with E-state index in [4.69, 9.17) is 9.72 Å². The SMILES string of the molecule is Cc1ccc2c(CC(C)(C)C)c3c(cc2c1)-c1nccc2c1c(cc1c(C4CCCCC4)cccc12)O3. The van der Waals surface area contributed by atoms with E-state index >= 15 is 0 Å². The summed E-state index contributed by atoms with van der Waals surface area (Å²) < 4.78 is 6.98. The number of hydrogen-bond donors (Lipinski definition) is 0. The van der Waals surface area contributed by atoms with Crippen molar-refractivity contribution in [3.05, 3.63) is 77.5 Å². The van der Waals surface area contributed by atoms with Crippen molar-refractivity contribution in [1.29, 1.82) is 0 Å². The molecule has 2 heteroatoms. The molecule has 37 heavy (non-hydrogen) atoms. The van der Waals surface area contributed by atoms with Crippen LogP contribution in [0.15, 0.2) is 60.8 Å². The molecule has 2 nitrogen and oxygen atoms in total. The Labute approximate surface area is 219 Å². The Hall–Kier alpha value is -3.39. The van der Waals surface area contributed by atoms with Crippen LogP contribution in [0.25, 0.3) is 43.6 Å². The number of rotatable bonds is 2. The number of fused-ring (bicyclic) bond motifs is 5. The summed E-state index contributed by atoms with van der Waals surface area (Å²) in [4.78, 5) is 4.98. The van der Waals surface area contributed by atoms with Gasteiger partial charge in [0.05, 0.1) is 11.1 Å². The smallest absolute Gasteiger partial charge is 0.140 e. The van der Waals surface area contributed by atoms with Crippen molar-refractivity contribution in [2.24, 2.45) is 5.41 Å². The molecule has 1 fully saturated rings. The van der Waals surface area contributed by atoms with Crippen molar-refractivity contribution in [2.45, 2.75) is 72.1 Å². The Morgan fingerprint density at radius 3 is 2.51 bits per heavy atom. The molecule has 186 valence electrons. The van der Waals surface area contributed by atoms with Gasteiger partial charge in [-0.15, -0.1) is 0 Å². The zero-order chi connectivity index (χ0) is 25.3. The van der Waals surface area contributed by atoms with Crippen molar-refractivity contribution in [2.75, 3.05) is 0 Å². The van der Waals surface area contributed by atoms with Crippen LogP contribution >= 0.6 is 0 Å². The minimum atomic E-state index is 0.132. The Kier molecular flexibility index (Phi) is 5.12. The molecule has 0 bridgehead atoms. The maximum atomic E-state index is 6.98. The second kappa shape index (κ2) is 8.31. The lowest BCUT2D eigenvalue weighted by atomic mass is 9.81. The fraction of sp³-hybridized carbons (Fsp3) is 0.343. The van der Waals surface area contributed by atoms with Gasteiger partial charge in [-0.3, -0.25) is 4.98 Å². The van der Waals surface area contributed by atoms with Gasteiger partial charge in [-0.25, -0.2) is 0 Å². The Morgan fingerprint density at radius 1 is 0.865 bits per heavy atom. The number of ether oxygens (including phenoxy) is 1. The highest BCUT2D eigenvalue weighted by Crippen LogP contribution is 2.52. The summed E-state index contributed by atoms with van der Waals surface area (Å²) in [7, 11) is 0. The van der Waals surface area contributed by atoms with Crippen LogP contribution in [-0.2, 0) is 6.42 Å². The van der Waals surface area contributed by atoms with Crippen molar-refractivity contribution in [3.8, 4) is 22.8 Å². The summed E-state index contributed by atoms with van der Waals surface area (Å²) in [6.45, 7) is 9.10. The van der Waals surface area contributed by atoms with Crippen LogP contribution in [-0.4, -0.2) is 4.98 Å². The Morgan fingerprint density at radius 2 is 1.70 bits per heavy atom. The topological polar surface area (TPSA) is 22.1 Å². The Balaban J connectivity index is 1.54. The molecule has 4 aromatic carbocycles. The molecule has 1 aliphatic carbocycles. The number of hydrogen-bond acceptors (Lipinski definition) is 2. The molecule has 5 aromatic rings. The second-order valence-electron chi connectivity index (χ2n) is 12.5. The van der Waals surface area contributed by atoms with E-state index in [0.717, 1.165) is 34.6 Å². The van der Waals surface area contributed by atoms with Crippen LogP contribution in [0, 0.1) is 12.3 Å². The molecule has 7 rings (SSSR count). The van der Waals surface area contributed by atoms with E-state index in [0.29, 0.717) is 5.92 Å². The monoisotopic (exact) mass is 485 g/mol. The minimum absolute atomic E-state index is 0.132. The van der Waals surface area contributed by atoms with E-state index < -0.39 is 0 Å². The second-order valence-corrected chi connectivity index (χ2v) is 12.5. The highest BCUT2D eigenvalue weighted by Gasteiger charge is 2.29. The lowest BCUT2D eigenvalue weighted by Crippen LogP contribution is -2.12. The minimum Gasteiger partial charge on any atom is -0.456 e. The Bertz CT molecular complexity index is 1700. The lowest BCUT2D eigenvalue weighted by Gasteiger charge is -2.28. The molecule has 0 saturated heterocycles. The first kappa shape index (κ1) is 22.8. The van der Waals surface area contributed by atoms with Gasteiger partial charge >= 0.3 is 0 Å². The van der Waals surface area contributed by atoms with Crippen molar-refractivity contribution in [1.82, 2.24) is 4.98 Å². The molecule has 0 radical (unpaired) electrons. The van der Waals surface area contributed by atoms with Crippen LogP contribution < -0.4 is 4.74 Å². The van der Waals surface area contributed by atoms with Crippen LogP contribution in [0.4, 0.5) is 0 Å². The van der Waals surface area contributed by atoms with Gasteiger partial charge in [0.2, 0.25) is 0 Å². The van der Waals surface area contributed by atoms with Gasteiger partial charge in [0.15, 0.2) is 0 Å². The predicted molar refractivity (Wildman–Crippen MR) is 156 cm³/mol. The largest absolute Gasteiger partial charge is 0.456 e. The zero-order valence-electron chi connectivity index (χ0n) is 22.4. The van der Waals surface area contributed by atoms with Gasteiger partial charge in [-0.1, -0.05) is 82.0 Å². The molecule has 0 amide bonds. The summed E-state index contributed by atoms with van der Waals surface area (Å²) in [6, 6.07) is 20.5. The first-order valence-corrected chi connectivity index (χ1v) is 14.0. The third kappa shape index (κ3) is 3.72. The number of aryl methyl sites for hydroxylation is 1. The fourth-order valence-electron chi connectivity index (χ4n) is 6.86. The van der Waals surface area contributed by atoms with E-state index in [2.05, 4.69) is 82.3 Å². The summed E-state index contributed by atoms with van der Waals surface area (Å²) >= 11 is 0. The van der Waals surface area contributed by atoms with Gasteiger partial charge in [0, 0.05) is 17.3 Å². The van der Waals surface area contributed by atoms with E-state index in [1.165, 1.54) is 75.7 Å². The molecule has 0 unspecified atom stereocenters. The molecule has 0 N–H and O–H groups in total. The standard InChI is InChI=1S/C35H35NO/c1-21-13-14-25-23(17-21)18-29-33-32-27(15-16-36-33)26-12-8-11-24(22-9-6-5-7-10-22)28(26)19-31(32)37-34(29)30(25)20-35(2,3)4/h8,11-19,22H,5-7,9-10,20H2,1-4H3. The third-order valence-corrected chi connectivity index (χ3v) is 8.47. The molecular formula is C35H35NO. The van der Waals surface area contributed by atoms with Gasteiger partial charge in [0.1, 0.15) is 11.5 Å². The lowest BCUT2D eigenvalue weighted by molar-refractivity contribution is 0.400. The molecule has 2 heterocycles. The van der Waals surface area contributed by atoms with Gasteiger partial charge in [0.25, 0.3) is 0 Å². The summed E-state index contributed by atoms with van der Waals surface area (Å²) in [5, 5.41) is 7.64. The molecule has 1 aliphatic heterocycles. The van der Waals surface area contributed by atoms with Crippen LogP contribution in [0.1, 0.15) is 75.5 Å². The van der Waals surface area contributed by atoms with E-state index in [1.54, 1.807) is 0 Å². The average molecular weight is 486 g/mol. The maximum absolute atomic E-state index is 6.98. The molecule has 1 aromatic heterocycles. The first-order chi connectivity index (χ1) is 17.9. The van der Waals surface area contributed by atoms with Gasteiger partial charge < -0.3 is 4.74 Å². The quantitative estimate of drug-likeness (QED) is 0.228. The van der Waals surface area contributed by atoms with E-state index in [1.807, 2.05) is 6.20 Å². The fourth-order valence-corrected chi connectivity index (χ4v) is 6.86. The van der Waals surface area contributed by atoms with Crippen LogP contribution in [0.5, 0.6) is 11.5 Å². The highest BCUT2D eigenvalue weighted by molar-refractivity contribution is 6.17. The summed E-state index contributed by atoms with van der Waals surface area (Å²) in [6.07, 6.45) is 9.56. The van der Waals surface area contributed by atoms with Gasteiger partial charge in [-0.2, -0.15) is 0 Å². The first-order valence-electron chi connectivity index (χ1n) is 14.0. The number of pyridine rings is 1. The van der Waals surface area contributed by atoms with Crippen molar-refractivity contribution >= 4 is 32.3 Å². The molecule has 2 aliphatic rings. The highest BCUT2D eigenvalue weighted by atomic mass is 16.5. The summed E-state index contributed by atoms with van der Waals surface area (Å²) in [5.41, 5.74) is 6.37. The van der Waals surface area contributed by atoms with Crippen LogP contribution in [0.3, 0.4) is 0 Å². The van der Waals surface area contributed by atoms with Gasteiger partial charge in [-0.05, 0) is 88.2 Å². The normalized spacial score (nSPS) is 15.8. The van der Waals surface area contributed by atoms with Crippen molar-refractivity contribution in [3.63, 3.8) is 0 Å². The van der Waals surface area contributed by atoms with E-state index in [-0.39, 0.29) is 5.41 Å². The molecule has 0 atom stereocenters. The maximum Gasteiger partial charge on any atom is 0.140 e. The van der Waals surface area contributed by atoms with Crippen LogP contribution in [0.2, 0.25) is 0 Å².